The van der Waals surface area contributed by atoms with Crippen LogP contribution >= 0.6 is 0 Å². The van der Waals surface area contributed by atoms with Crippen LogP contribution in [0.4, 0.5) is 5.82 Å². The number of benzene rings is 1. The van der Waals surface area contributed by atoms with Gasteiger partial charge in [-0.15, -0.1) is 0 Å². The molecule has 5 rings (SSSR count). The lowest BCUT2D eigenvalue weighted by Crippen LogP contribution is -2.40. The lowest BCUT2D eigenvalue weighted by Gasteiger charge is -2.32. The minimum atomic E-state index is 0.170. The van der Waals surface area contributed by atoms with E-state index in [2.05, 4.69) is 57.8 Å². The van der Waals surface area contributed by atoms with Crippen molar-refractivity contribution in [3.63, 3.8) is 0 Å². The second-order valence-corrected chi connectivity index (χ2v) is 10.5. The first kappa shape index (κ1) is 24.1. The molecule has 4 aromatic rings. The largest absolute Gasteiger partial charge is 0.362 e. The summed E-state index contributed by atoms with van der Waals surface area (Å²) in [5, 5.41) is 1.27. The average molecular weight is 483 g/mol. The van der Waals surface area contributed by atoms with Gasteiger partial charge in [0.25, 0.3) is 5.82 Å². The monoisotopic (exact) mass is 482 g/mol. The standard InChI is InChI=1S/C29H34N6O/c1-18(2)27-23-14-21(20-9-11-34(12-10-20)17-26(36)33(5)6)7-8-24(23)32-28(27)22-13-19(3)29-31-15-25(30-4)35(29)16-22/h7-8,13-16,18,20,32H,9-12,17H2,1-3,5-6H3. The van der Waals surface area contributed by atoms with Crippen molar-refractivity contribution < 1.29 is 4.79 Å². The molecular formula is C29H34N6O. The number of aromatic nitrogens is 3. The van der Waals surface area contributed by atoms with Crippen LogP contribution in [0.5, 0.6) is 0 Å². The predicted molar refractivity (Wildman–Crippen MR) is 145 cm³/mol. The average Bonchev–Trinajstić information content (AvgIpc) is 3.45. The van der Waals surface area contributed by atoms with Gasteiger partial charge in [0.2, 0.25) is 11.6 Å². The number of H-pyrrole nitrogens is 1. The number of piperidine rings is 1. The third-order valence-electron chi connectivity index (χ3n) is 7.53. The first-order valence-electron chi connectivity index (χ1n) is 12.7. The van der Waals surface area contributed by atoms with Gasteiger partial charge in [0.05, 0.1) is 24.6 Å². The number of carbonyl (C=O) groups excluding carboxylic acids is 1. The number of hydrogen-bond donors (Lipinski definition) is 1. The second-order valence-electron chi connectivity index (χ2n) is 10.5. The lowest BCUT2D eigenvalue weighted by molar-refractivity contribution is -0.130. The minimum Gasteiger partial charge on any atom is -0.362 e. The number of nitrogens with one attached hydrogen (secondary N) is 1. The number of pyridine rings is 1. The Morgan fingerprint density at radius 3 is 2.67 bits per heavy atom. The molecule has 0 radical (unpaired) electrons. The van der Waals surface area contributed by atoms with Gasteiger partial charge in [0.1, 0.15) is 0 Å². The van der Waals surface area contributed by atoms with Crippen molar-refractivity contribution in [1.82, 2.24) is 24.2 Å². The maximum absolute atomic E-state index is 12.1. The SMILES string of the molecule is [C-]#[N+]c1cnc2c(C)cc(-c3[nH]c4ccc(C5CCN(CC(=O)N(C)C)CC5)cc4c3C(C)C)cn12. The molecule has 1 aliphatic rings. The van der Waals surface area contributed by atoms with Crippen molar-refractivity contribution in [2.24, 2.45) is 0 Å². The van der Waals surface area contributed by atoms with E-state index in [-0.39, 0.29) is 5.91 Å². The summed E-state index contributed by atoms with van der Waals surface area (Å²) in [5.41, 5.74) is 7.89. The van der Waals surface area contributed by atoms with E-state index in [4.69, 9.17) is 6.57 Å². The Kier molecular flexibility index (Phi) is 6.31. The smallest absolute Gasteiger partial charge is 0.254 e. The molecule has 4 heterocycles. The summed E-state index contributed by atoms with van der Waals surface area (Å²) < 4.78 is 1.90. The highest BCUT2D eigenvalue weighted by Crippen LogP contribution is 2.39. The molecule has 7 heteroatoms. The van der Waals surface area contributed by atoms with E-state index in [0.29, 0.717) is 24.2 Å². The van der Waals surface area contributed by atoms with Crippen molar-refractivity contribution in [2.45, 2.75) is 45.4 Å². The fourth-order valence-electron chi connectivity index (χ4n) is 5.53. The minimum absolute atomic E-state index is 0.170. The van der Waals surface area contributed by atoms with Crippen LogP contribution in [0.1, 0.15) is 55.2 Å². The third-order valence-corrected chi connectivity index (χ3v) is 7.53. The molecule has 0 spiro atoms. The molecule has 1 saturated heterocycles. The number of imidazole rings is 1. The van der Waals surface area contributed by atoms with Crippen molar-refractivity contribution in [3.8, 4) is 11.3 Å². The van der Waals surface area contributed by atoms with Crippen LogP contribution in [-0.4, -0.2) is 63.8 Å². The Morgan fingerprint density at radius 2 is 2.00 bits per heavy atom. The zero-order valence-corrected chi connectivity index (χ0v) is 21.8. The van der Waals surface area contributed by atoms with E-state index in [1.807, 2.05) is 31.6 Å². The zero-order chi connectivity index (χ0) is 25.6. The van der Waals surface area contributed by atoms with Crippen LogP contribution in [0.3, 0.4) is 0 Å². The number of rotatable bonds is 5. The Morgan fingerprint density at radius 1 is 1.25 bits per heavy atom. The number of hydrogen-bond acceptors (Lipinski definition) is 3. The summed E-state index contributed by atoms with van der Waals surface area (Å²) in [6.07, 6.45) is 5.80. The summed E-state index contributed by atoms with van der Waals surface area (Å²) >= 11 is 0. The van der Waals surface area contributed by atoms with E-state index in [1.165, 1.54) is 16.5 Å². The number of amides is 1. The molecule has 36 heavy (non-hydrogen) atoms. The summed E-state index contributed by atoms with van der Waals surface area (Å²) in [6.45, 7) is 16.4. The first-order valence-corrected chi connectivity index (χ1v) is 12.7. The molecule has 1 amide bonds. The van der Waals surface area contributed by atoms with E-state index in [0.717, 1.165) is 53.9 Å². The van der Waals surface area contributed by atoms with Gasteiger partial charge in [-0.1, -0.05) is 26.5 Å². The molecule has 1 N–H and O–H groups in total. The van der Waals surface area contributed by atoms with E-state index < -0.39 is 0 Å². The molecule has 0 bridgehead atoms. The lowest BCUT2D eigenvalue weighted by atomic mass is 9.87. The molecule has 0 atom stereocenters. The third kappa shape index (κ3) is 4.27. The van der Waals surface area contributed by atoms with Gasteiger partial charge in [-0.3, -0.25) is 9.69 Å². The summed E-state index contributed by atoms with van der Waals surface area (Å²) in [5.74, 6) is 1.54. The van der Waals surface area contributed by atoms with Crippen LogP contribution < -0.4 is 0 Å². The normalized spacial score (nSPS) is 15.1. The molecule has 1 fully saturated rings. The van der Waals surface area contributed by atoms with Gasteiger partial charge in [0, 0.05) is 36.1 Å². The Bertz CT molecular complexity index is 1480. The molecule has 3 aromatic heterocycles. The van der Waals surface area contributed by atoms with Crippen LogP contribution in [0, 0.1) is 13.5 Å². The van der Waals surface area contributed by atoms with Gasteiger partial charge < -0.3 is 14.7 Å². The van der Waals surface area contributed by atoms with Crippen molar-refractivity contribution in [2.75, 3.05) is 33.7 Å². The van der Waals surface area contributed by atoms with Crippen LogP contribution in [0.15, 0.2) is 36.7 Å². The summed E-state index contributed by atoms with van der Waals surface area (Å²) in [4.78, 5) is 27.8. The Balaban J connectivity index is 1.48. The molecule has 0 unspecified atom stereocenters. The highest BCUT2D eigenvalue weighted by Gasteiger charge is 2.24. The molecule has 0 saturated carbocycles. The van der Waals surface area contributed by atoms with Crippen LogP contribution in [0.2, 0.25) is 0 Å². The van der Waals surface area contributed by atoms with Gasteiger partial charge >= 0.3 is 0 Å². The van der Waals surface area contributed by atoms with Crippen LogP contribution in [0.25, 0.3) is 32.7 Å². The van der Waals surface area contributed by atoms with E-state index in [1.54, 1.807) is 11.1 Å². The number of aryl methyl sites for hydroxylation is 1. The number of likely N-dealkylation sites (tertiary alicyclic amines) is 1. The molecule has 7 nitrogen and oxygen atoms in total. The molecule has 186 valence electrons. The molecule has 0 aliphatic carbocycles. The number of aromatic amines is 1. The van der Waals surface area contributed by atoms with Crippen molar-refractivity contribution >= 4 is 28.3 Å². The fourth-order valence-corrected chi connectivity index (χ4v) is 5.53. The van der Waals surface area contributed by atoms with Crippen LogP contribution in [-0.2, 0) is 4.79 Å². The highest BCUT2D eigenvalue weighted by molar-refractivity contribution is 5.92. The quantitative estimate of drug-likeness (QED) is 0.370. The molecular weight excluding hydrogens is 448 g/mol. The predicted octanol–water partition coefficient (Wildman–Crippen LogP) is 5.73. The molecule has 1 aliphatic heterocycles. The van der Waals surface area contributed by atoms with Gasteiger partial charge in [-0.2, -0.15) is 0 Å². The zero-order valence-electron chi connectivity index (χ0n) is 21.8. The maximum Gasteiger partial charge on any atom is 0.254 e. The van der Waals surface area contributed by atoms with Gasteiger partial charge in [0.15, 0.2) is 0 Å². The van der Waals surface area contributed by atoms with Gasteiger partial charge in [-0.05, 0) is 74.0 Å². The van der Waals surface area contributed by atoms with Crippen molar-refractivity contribution in [3.05, 3.63) is 64.8 Å². The number of fused-ring (bicyclic) bond motifs is 2. The first-order chi connectivity index (χ1) is 17.3. The Hall–Kier alpha value is -3.63. The summed E-state index contributed by atoms with van der Waals surface area (Å²) in [7, 11) is 3.64. The molecule has 1 aromatic carbocycles. The topological polar surface area (TPSA) is 61.0 Å². The maximum atomic E-state index is 12.1. The summed E-state index contributed by atoms with van der Waals surface area (Å²) in [6, 6.07) is 9.02. The fraction of sp³-hybridized carbons (Fsp3) is 0.414. The number of likely N-dealkylation sites (N-methyl/N-ethyl adjacent to an activating group) is 1. The number of nitrogens with zero attached hydrogens (tertiary/aromatic N) is 5. The highest BCUT2D eigenvalue weighted by atomic mass is 16.2. The number of carbonyl (C=O) groups is 1. The van der Waals surface area contributed by atoms with Gasteiger partial charge in [-0.25, -0.2) is 9.38 Å². The van der Waals surface area contributed by atoms with E-state index in [9.17, 15) is 4.79 Å². The Labute approximate surface area is 212 Å². The van der Waals surface area contributed by atoms with E-state index >= 15 is 0 Å². The second kappa shape index (κ2) is 9.44. The van der Waals surface area contributed by atoms with Crippen molar-refractivity contribution in [1.29, 1.82) is 0 Å².